The van der Waals surface area contributed by atoms with Crippen molar-refractivity contribution in [2.75, 3.05) is 56.2 Å². The van der Waals surface area contributed by atoms with Crippen LogP contribution in [-0.4, -0.2) is 51.3 Å². The fourth-order valence-electron chi connectivity index (χ4n) is 3.66. The van der Waals surface area contributed by atoms with Gasteiger partial charge in [-0.15, -0.1) is 0 Å². The van der Waals surface area contributed by atoms with Crippen molar-refractivity contribution < 1.29 is 4.74 Å². The topological polar surface area (TPSA) is 19.0 Å². The highest BCUT2D eigenvalue weighted by molar-refractivity contribution is 6.42. The van der Waals surface area contributed by atoms with Gasteiger partial charge < -0.3 is 19.4 Å². The first-order chi connectivity index (χ1) is 12.6. The van der Waals surface area contributed by atoms with Crippen molar-refractivity contribution in [3.05, 3.63) is 52.0 Å². The van der Waals surface area contributed by atoms with Crippen LogP contribution in [0, 0.1) is 0 Å². The Morgan fingerprint density at radius 1 is 0.846 bits per heavy atom. The lowest BCUT2D eigenvalue weighted by Gasteiger charge is -2.30. The second-order valence-corrected chi connectivity index (χ2v) is 7.71. The molecule has 0 atom stereocenters. The van der Waals surface area contributed by atoms with Crippen LogP contribution in [0.25, 0.3) is 0 Å². The van der Waals surface area contributed by atoms with Gasteiger partial charge in [0.15, 0.2) is 0 Å². The molecule has 2 aromatic rings. The number of fused-ring (bicyclic) bond motifs is 1. The second kappa shape index (κ2) is 7.65. The van der Waals surface area contributed by atoms with Gasteiger partial charge in [0.05, 0.1) is 23.3 Å². The fraction of sp³-hybridized carbons (Fsp3) is 0.400. The molecule has 26 heavy (non-hydrogen) atoms. The molecule has 0 saturated carbocycles. The average Bonchev–Trinajstić information content (AvgIpc) is 2.82. The van der Waals surface area contributed by atoms with E-state index in [4.69, 9.17) is 27.9 Å². The minimum atomic E-state index is 0.588. The Morgan fingerprint density at radius 2 is 1.62 bits per heavy atom. The molecule has 0 aliphatic carbocycles. The van der Waals surface area contributed by atoms with E-state index < -0.39 is 0 Å². The molecule has 2 aliphatic heterocycles. The lowest BCUT2D eigenvalue weighted by molar-refractivity contribution is 0.122. The molecule has 0 spiro atoms. The van der Waals surface area contributed by atoms with E-state index in [1.54, 1.807) is 0 Å². The number of morpholine rings is 1. The summed E-state index contributed by atoms with van der Waals surface area (Å²) >= 11 is 12.4. The van der Waals surface area contributed by atoms with Gasteiger partial charge in [-0.05, 0) is 49.0 Å². The smallest absolute Gasteiger partial charge is 0.0642 e. The Balaban J connectivity index is 1.71. The van der Waals surface area contributed by atoms with E-state index in [-0.39, 0.29) is 0 Å². The summed E-state index contributed by atoms with van der Waals surface area (Å²) < 4.78 is 5.49. The SMILES string of the molecule is CN1CCN(c2ccc(Cl)c(Cl)c2)c2ccc(N3CCOCC3)cc2C1. The van der Waals surface area contributed by atoms with Gasteiger partial charge in [0.2, 0.25) is 0 Å². The molecule has 138 valence electrons. The molecule has 2 aromatic carbocycles. The standard InChI is InChI=1S/C20H23Cl2N3O/c1-23-6-7-25(17-2-4-18(21)19(22)13-17)20-5-3-16(12-15(20)14-23)24-8-10-26-11-9-24/h2-5,12-13H,6-11,14H2,1H3. The largest absolute Gasteiger partial charge is 0.378 e. The van der Waals surface area contributed by atoms with Crippen molar-refractivity contribution in [1.29, 1.82) is 0 Å². The van der Waals surface area contributed by atoms with E-state index in [0.717, 1.165) is 51.6 Å². The quantitative estimate of drug-likeness (QED) is 0.754. The lowest BCUT2D eigenvalue weighted by atomic mass is 10.1. The predicted molar refractivity (Wildman–Crippen MR) is 109 cm³/mol. The molecule has 6 heteroatoms. The van der Waals surface area contributed by atoms with Crippen LogP contribution >= 0.6 is 23.2 Å². The van der Waals surface area contributed by atoms with Gasteiger partial charge in [0.25, 0.3) is 0 Å². The van der Waals surface area contributed by atoms with Gasteiger partial charge in [0, 0.05) is 49.8 Å². The van der Waals surface area contributed by atoms with E-state index in [9.17, 15) is 0 Å². The zero-order valence-electron chi connectivity index (χ0n) is 14.9. The first kappa shape index (κ1) is 17.9. The van der Waals surface area contributed by atoms with Crippen LogP contribution in [0.2, 0.25) is 10.0 Å². The third-order valence-electron chi connectivity index (χ3n) is 5.09. The number of nitrogens with zero attached hydrogens (tertiary/aromatic N) is 3. The van der Waals surface area contributed by atoms with Gasteiger partial charge in [0.1, 0.15) is 0 Å². The molecule has 2 aliphatic rings. The summed E-state index contributed by atoms with van der Waals surface area (Å²) in [7, 11) is 2.17. The number of likely N-dealkylation sites (N-methyl/N-ethyl adjacent to an activating group) is 1. The first-order valence-electron chi connectivity index (χ1n) is 8.98. The average molecular weight is 392 g/mol. The number of ether oxygens (including phenoxy) is 1. The van der Waals surface area contributed by atoms with Crippen molar-refractivity contribution in [2.45, 2.75) is 6.54 Å². The minimum absolute atomic E-state index is 0.588. The molecule has 4 nitrogen and oxygen atoms in total. The maximum absolute atomic E-state index is 6.27. The summed E-state index contributed by atoms with van der Waals surface area (Å²) in [5, 5.41) is 1.18. The Labute approximate surface area is 164 Å². The van der Waals surface area contributed by atoms with E-state index >= 15 is 0 Å². The zero-order chi connectivity index (χ0) is 18.1. The molecule has 0 radical (unpaired) electrons. The van der Waals surface area contributed by atoms with Crippen LogP contribution in [0.1, 0.15) is 5.56 Å². The predicted octanol–water partition coefficient (Wildman–Crippen LogP) is 4.41. The summed E-state index contributed by atoms with van der Waals surface area (Å²) in [5.74, 6) is 0. The molecular formula is C20H23Cl2N3O. The molecule has 2 heterocycles. The molecular weight excluding hydrogens is 369 g/mol. The summed E-state index contributed by atoms with van der Waals surface area (Å²) in [5.41, 5.74) is 4.93. The van der Waals surface area contributed by atoms with Gasteiger partial charge in [-0.2, -0.15) is 0 Å². The van der Waals surface area contributed by atoms with Crippen LogP contribution in [-0.2, 0) is 11.3 Å². The summed E-state index contributed by atoms with van der Waals surface area (Å²) in [6.07, 6.45) is 0. The van der Waals surface area contributed by atoms with E-state index in [2.05, 4.69) is 39.9 Å². The van der Waals surface area contributed by atoms with Crippen molar-refractivity contribution in [3.8, 4) is 0 Å². The van der Waals surface area contributed by atoms with Gasteiger partial charge >= 0.3 is 0 Å². The van der Waals surface area contributed by atoms with Crippen molar-refractivity contribution in [3.63, 3.8) is 0 Å². The maximum atomic E-state index is 6.27. The second-order valence-electron chi connectivity index (χ2n) is 6.90. The first-order valence-corrected chi connectivity index (χ1v) is 9.74. The van der Waals surface area contributed by atoms with Crippen molar-refractivity contribution in [1.82, 2.24) is 4.90 Å². The van der Waals surface area contributed by atoms with E-state index in [1.165, 1.54) is 16.9 Å². The summed E-state index contributed by atoms with van der Waals surface area (Å²) in [4.78, 5) is 7.10. The number of halogens is 2. The van der Waals surface area contributed by atoms with E-state index in [1.807, 2.05) is 18.2 Å². The number of hydrogen-bond donors (Lipinski definition) is 0. The number of anilines is 3. The minimum Gasteiger partial charge on any atom is -0.378 e. The molecule has 0 aromatic heterocycles. The molecule has 0 unspecified atom stereocenters. The Morgan fingerprint density at radius 3 is 2.38 bits per heavy atom. The molecule has 1 fully saturated rings. The third-order valence-corrected chi connectivity index (χ3v) is 5.83. The van der Waals surface area contributed by atoms with E-state index in [0.29, 0.717) is 10.0 Å². The Kier molecular flexibility index (Phi) is 5.28. The zero-order valence-corrected chi connectivity index (χ0v) is 16.4. The fourth-order valence-corrected chi connectivity index (χ4v) is 3.95. The highest BCUT2D eigenvalue weighted by atomic mass is 35.5. The molecule has 0 amide bonds. The van der Waals surface area contributed by atoms with Crippen LogP contribution in [0.3, 0.4) is 0 Å². The Bertz CT molecular complexity index is 793. The number of hydrogen-bond acceptors (Lipinski definition) is 4. The monoisotopic (exact) mass is 391 g/mol. The summed E-state index contributed by atoms with van der Waals surface area (Å²) in [6, 6.07) is 12.7. The van der Waals surface area contributed by atoms with Crippen LogP contribution < -0.4 is 9.80 Å². The van der Waals surface area contributed by atoms with Gasteiger partial charge in [-0.25, -0.2) is 0 Å². The Hall–Kier alpha value is -1.46. The summed E-state index contributed by atoms with van der Waals surface area (Å²) in [6.45, 7) is 6.33. The normalized spacial score (nSPS) is 18.6. The molecule has 4 rings (SSSR count). The molecule has 0 bridgehead atoms. The van der Waals surface area contributed by atoms with Crippen molar-refractivity contribution >= 4 is 40.3 Å². The molecule has 0 N–H and O–H groups in total. The highest BCUT2D eigenvalue weighted by Crippen LogP contribution is 2.36. The van der Waals surface area contributed by atoms with Crippen molar-refractivity contribution in [2.24, 2.45) is 0 Å². The van der Waals surface area contributed by atoms with Gasteiger partial charge in [-0.3, -0.25) is 0 Å². The number of benzene rings is 2. The maximum Gasteiger partial charge on any atom is 0.0642 e. The van der Waals surface area contributed by atoms with Crippen LogP contribution in [0.15, 0.2) is 36.4 Å². The van der Waals surface area contributed by atoms with Crippen LogP contribution in [0.5, 0.6) is 0 Å². The van der Waals surface area contributed by atoms with Crippen LogP contribution in [0.4, 0.5) is 17.1 Å². The third kappa shape index (κ3) is 3.65. The van der Waals surface area contributed by atoms with Gasteiger partial charge in [-0.1, -0.05) is 23.2 Å². The lowest BCUT2D eigenvalue weighted by Crippen LogP contribution is -2.36. The highest BCUT2D eigenvalue weighted by Gasteiger charge is 2.21. The molecule has 1 saturated heterocycles. The number of rotatable bonds is 2.